The average Bonchev–Trinajstić information content (AvgIpc) is 3.02. The van der Waals surface area contributed by atoms with E-state index in [0.29, 0.717) is 19.7 Å². The number of hydrogen-bond donors (Lipinski definition) is 1. The van der Waals surface area contributed by atoms with Crippen LogP contribution in [0.15, 0.2) is 18.2 Å². The predicted molar refractivity (Wildman–Crippen MR) is 96.1 cm³/mol. The summed E-state index contributed by atoms with van der Waals surface area (Å²) in [4.78, 5) is 32.8. The molecular weight excluding hydrogens is 334 g/mol. The van der Waals surface area contributed by atoms with Crippen LogP contribution in [0, 0.1) is 0 Å². The van der Waals surface area contributed by atoms with E-state index in [2.05, 4.69) is 4.98 Å². The van der Waals surface area contributed by atoms with Crippen LogP contribution in [0.3, 0.4) is 0 Å². The van der Waals surface area contributed by atoms with Crippen LogP contribution in [0.2, 0.25) is 0 Å². The van der Waals surface area contributed by atoms with Gasteiger partial charge in [-0.1, -0.05) is 0 Å². The number of nitrogens with one attached hydrogen (secondary N) is 1. The highest BCUT2D eigenvalue weighted by atomic mass is 16.5. The molecule has 3 heterocycles. The average molecular weight is 357 g/mol. The summed E-state index contributed by atoms with van der Waals surface area (Å²) in [5, 5.41) is 1.05. The third kappa shape index (κ3) is 2.23. The number of ether oxygens (including phenoxy) is 2. The summed E-state index contributed by atoms with van der Waals surface area (Å²) in [6.07, 6.45) is 0.717. The minimum atomic E-state index is -1.01. The van der Waals surface area contributed by atoms with Gasteiger partial charge in [-0.3, -0.25) is 9.59 Å². The van der Waals surface area contributed by atoms with Gasteiger partial charge >= 0.3 is 0 Å². The van der Waals surface area contributed by atoms with Crippen LogP contribution in [0.25, 0.3) is 10.9 Å². The maximum atomic E-state index is 13.3. The SMILES string of the molecule is COCCN1CC(=O)N2CCc3c([nH]c4ccc(OC)cc34)[C@]2(C)C1=O. The summed E-state index contributed by atoms with van der Waals surface area (Å²) in [7, 11) is 3.23. The maximum Gasteiger partial charge on any atom is 0.255 e. The van der Waals surface area contributed by atoms with Gasteiger partial charge in [-0.2, -0.15) is 0 Å². The van der Waals surface area contributed by atoms with Crippen LogP contribution >= 0.6 is 0 Å². The molecule has 0 spiro atoms. The summed E-state index contributed by atoms with van der Waals surface area (Å²) in [5.74, 6) is 0.693. The molecule has 1 fully saturated rings. The van der Waals surface area contributed by atoms with Gasteiger partial charge in [0.05, 0.1) is 26.0 Å². The van der Waals surface area contributed by atoms with Crippen molar-refractivity contribution in [2.75, 3.05) is 40.5 Å². The van der Waals surface area contributed by atoms with Gasteiger partial charge in [0.2, 0.25) is 5.91 Å². The number of fused-ring (bicyclic) bond motifs is 5. The topological polar surface area (TPSA) is 74.9 Å². The Morgan fingerprint density at radius 1 is 1.27 bits per heavy atom. The number of methoxy groups -OCH3 is 2. The van der Waals surface area contributed by atoms with Crippen molar-refractivity contribution >= 4 is 22.7 Å². The summed E-state index contributed by atoms with van der Waals surface area (Å²) in [6.45, 7) is 3.31. The molecule has 0 unspecified atom stereocenters. The van der Waals surface area contributed by atoms with Gasteiger partial charge in [-0.25, -0.2) is 0 Å². The summed E-state index contributed by atoms with van der Waals surface area (Å²) >= 11 is 0. The third-order valence-corrected chi connectivity index (χ3v) is 5.62. The number of benzene rings is 1. The largest absolute Gasteiger partial charge is 0.497 e. The Hall–Kier alpha value is -2.54. The molecule has 7 heteroatoms. The Labute approximate surface area is 151 Å². The van der Waals surface area contributed by atoms with Gasteiger partial charge in [0, 0.05) is 31.1 Å². The molecule has 0 bridgehead atoms. The van der Waals surface area contributed by atoms with Gasteiger partial charge in [-0.05, 0) is 37.1 Å². The lowest BCUT2D eigenvalue weighted by Gasteiger charge is -2.49. The Kier molecular flexibility index (Phi) is 3.91. The van der Waals surface area contributed by atoms with Gasteiger partial charge in [0.25, 0.3) is 5.91 Å². The van der Waals surface area contributed by atoms with Crippen LogP contribution in [-0.4, -0.2) is 67.1 Å². The van der Waals surface area contributed by atoms with Gasteiger partial charge in [0.1, 0.15) is 5.75 Å². The smallest absolute Gasteiger partial charge is 0.255 e. The molecule has 4 rings (SSSR count). The standard InChI is InChI=1S/C19H23N3O4/c1-19-17-13(14-10-12(26-3)4-5-15(14)20-17)6-7-22(19)16(23)11-21(18(19)24)8-9-25-2/h4-5,10,20H,6-9,11H2,1-3H3/t19-/m1/s1. The van der Waals surface area contributed by atoms with Crippen LogP contribution < -0.4 is 4.74 Å². The first kappa shape index (κ1) is 16.9. The second-order valence-electron chi connectivity index (χ2n) is 6.98. The quantitative estimate of drug-likeness (QED) is 0.894. The zero-order valence-electron chi connectivity index (χ0n) is 15.3. The van der Waals surface area contributed by atoms with Gasteiger partial charge in [0.15, 0.2) is 5.54 Å². The molecule has 1 aromatic carbocycles. The number of carbonyl (C=O) groups excluding carboxylic acids is 2. The molecule has 0 radical (unpaired) electrons. The lowest BCUT2D eigenvalue weighted by molar-refractivity contribution is -0.166. The molecule has 2 aliphatic heterocycles. The highest BCUT2D eigenvalue weighted by molar-refractivity contribution is 6.00. The van der Waals surface area contributed by atoms with Crippen LogP contribution in [-0.2, 0) is 26.3 Å². The van der Waals surface area contributed by atoms with Crippen molar-refractivity contribution in [1.82, 2.24) is 14.8 Å². The fraction of sp³-hybridized carbons (Fsp3) is 0.474. The predicted octanol–water partition coefficient (Wildman–Crippen LogP) is 1.26. The minimum Gasteiger partial charge on any atom is -0.497 e. The Balaban J connectivity index is 1.84. The first-order valence-corrected chi connectivity index (χ1v) is 8.78. The van der Waals surface area contributed by atoms with Crippen molar-refractivity contribution in [1.29, 1.82) is 0 Å². The van der Waals surface area contributed by atoms with E-state index >= 15 is 0 Å². The van der Waals surface area contributed by atoms with E-state index in [4.69, 9.17) is 9.47 Å². The second-order valence-corrected chi connectivity index (χ2v) is 6.98. The molecule has 2 aliphatic rings. The van der Waals surface area contributed by atoms with Crippen molar-refractivity contribution < 1.29 is 19.1 Å². The molecule has 26 heavy (non-hydrogen) atoms. The van der Waals surface area contributed by atoms with Crippen LogP contribution in [0.5, 0.6) is 5.75 Å². The minimum absolute atomic E-state index is 0.0231. The van der Waals surface area contributed by atoms with Crippen molar-refractivity contribution in [2.45, 2.75) is 18.9 Å². The van der Waals surface area contributed by atoms with Crippen LogP contribution in [0.1, 0.15) is 18.2 Å². The molecule has 1 atom stereocenters. The van der Waals surface area contributed by atoms with Crippen LogP contribution in [0.4, 0.5) is 0 Å². The normalized spacial score (nSPS) is 22.6. The Bertz CT molecular complexity index is 890. The van der Waals surface area contributed by atoms with E-state index in [1.165, 1.54) is 0 Å². The second kappa shape index (κ2) is 6.02. The molecule has 0 aliphatic carbocycles. The Morgan fingerprint density at radius 3 is 2.81 bits per heavy atom. The zero-order chi connectivity index (χ0) is 18.5. The van der Waals surface area contributed by atoms with E-state index in [0.717, 1.165) is 34.3 Å². The number of rotatable bonds is 4. The van der Waals surface area contributed by atoms with E-state index in [-0.39, 0.29) is 18.4 Å². The number of aromatic nitrogens is 1. The fourth-order valence-electron chi connectivity index (χ4n) is 4.22. The lowest BCUT2D eigenvalue weighted by Crippen LogP contribution is -2.67. The molecule has 2 amide bonds. The number of piperazine rings is 1. The molecule has 7 nitrogen and oxygen atoms in total. The third-order valence-electron chi connectivity index (χ3n) is 5.62. The lowest BCUT2D eigenvalue weighted by atomic mass is 9.83. The molecule has 138 valence electrons. The number of nitrogens with zero attached hydrogens (tertiary/aromatic N) is 2. The maximum absolute atomic E-state index is 13.3. The first-order valence-electron chi connectivity index (χ1n) is 8.78. The van der Waals surface area contributed by atoms with Crippen molar-refractivity contribution in [3.8, 4) is 5.75 Å². The van der Waals surface area contributed by atoms with E-state index in [1.54, 1.807) is 24.0 Å². The molecular formula is C19H23N3O4. The Morgan fingerprint density at radius 2 is 2.08 bits per heavy atom. The number of H-pyrrole nitrogens is 1. The summed E-state index contributed by atoms with van der Waals surface area (Å²) in [5.41, 5.74) is 1.84. The summed E-state index contributed by atoms with van der Waals surface area (Å²) in [6, 6.07) is 5.84. The van der Waals surface area contributed by atoms with Gasteiger partial charge in [-0.15, -0.1) is 0 Å². The van der Waals surface area contributed by atoms with E-state index < -0.39 is 5.54 Å². The fourth-order valence-corrected chi connectivity index (χ4v) is 4.22. The van der Waals surface area contributed by atoms with Gasteiger partial charge < -0.3 is 24.3 Å². The summed E-state index contributed by atoms with van der Waals surface area (Å²) < 4.78 is 10.4. The van der Waals surface area contributed by atoms with E-state index in [1.807, 2.05) is 25.1 Å². The number of carbonyl (C=O) groups is 2. The molecule has 2 aromatic rings. The molecule has 1 aromatic heterocycles. The monoisotopic (exact) mass is 357 g/mol. The first-order chi connectivity index (χ1) is 12.5. The number of hydrogen-bond acceptors (Lipinski definition) is 4. The number of aromatic amines is 1. The molecule has 1 saturated heterocycles. The number of amides is 2. The van der Waals surface area contributed by atoms with Crippen molar-refractivity contribution in [2.24, 2.45) is 0 Å². The van der Waals surface area contributed by atoms with Crippen molar-refractivity contribution in [3.05, 3.63) is 29.5 Å². The van der Waals surface area contributed by atoms with Crippen molar-refractivity contribution in [3.63, 3.8) is 0 Å². The van der Waals surface area contributed by atoms with E-state index in [9.17, 15) is 9.59 Å². The highest BCUT2D eigenvalue weighted by Gasteiger charge is 2.53. The zero-order valence-corrected chi connectivity index (χ0v) is 15.3. The molecule has 1 N–H and O–H groups in total. The molecule has 0 saturated carbocycles. The highest BCUT2D eigenvalue weighted by Crippen LogP contribution is 2.42.